The molecule has 4 heterocycles. The van der Waals surface area contributed by atoms with Crippen LogP contribution in [-0.4, -0.2) is 101 Å². The van der Waals surface area contributed by atoms with Crippen molar-refractivity contribution in [3.05, 3.63) is 65.1 Å². The summed E-state index contributed by atoms with van der Waals surface area (Å²) in [6.07, 6.45) is 5.83. The average molecular weight is 665 g/mol. The van der Waals surface area contributed by atoms with Crippen molar-refractivity contribution < 1.29 is 47.4 Å². The third-order valence-electron chi connectivity index (χ3n) is 7.73. The van der Waals surface area contributed by atoms with E-state index in [2.05, 4.69) is 20.7 Å². The summed E-state index contributed by atoms with van der Waals surface area (Å²) in [5.41, 5.74) is 1.80. The van der Waals surface area contributed by atoms with E-state index in [9.17, 15) is 28.8 Å². The van der Waals surface area contributed by atoms with Gasteiger partial charge in [-0.3, -0.25) is 43.7 Å². The third-order valence-corrected chi connectivity index (χ3v) is 7.73. The number of imide groups is 2. The van der Waals surface area contributed by atoms with E-state index in [4.69, 9.17) is 18.6 Å². The second kappa shape index (κ2) is 16.2. The highest BCUT2D eigenvalue weighted by Gasteiger charge is 2.45. The predicted molar refractivity (Wildman–Crippen MR) is 165 cm³/mol. The van der Waals surface area contributed by atoms with Gasteiger partial charge in [0.2, 0.25) is 11.8 Å². The van der Waals surface area contributed by atoms with Gasteiger partial charge in [0.25, 0.3) is 17.7 Å². The molecular weight excluding hydrogens is 628 g/mol. The summed E-state index contributed by atoms with van der Waals surface area (Å²) in [5.74, 6) is -2.83. The van der Waals surface area contributed by atoms with Crippen LogP contribution in [-0.2, 0) is 37.3 Å². The van der Waals surface area contributed by atoms with Crippen LogP contribution in [0.2, 0.25) is 0 Å². The van der Waals surface area contributed by atoms with Gasteiger partial charge < -0.3 is 23.9 Å². The lowest BCUT2D eigenvalue weighted by molar-refractivity contribution is -0.136. The highest BCUT2D eigenvalue weighted by molar-refractivity contribution is 6.24. The molecule has 254 valence electrons. The van der Waals surface area contributed by atoms with Gasteiger partial charge >= 0.3 is 0 Å². The molecule has 0 saturated carbocycles. The molecule has 2 aliphatic heterocycles. The molecule has 0 radical (unpaired) electrons. The minimum Gasteiger partial charge on any atom is -0.451 e. The molecular formula is C32H36N6O10. The number of aryl methyl sites for hydroxylation is 2. The highest BCUT2D eigenvalue weighted by atomic mass is 16.5. The number of aromatic nitrogens is 3. The van der Waals surface area contributed by atoms with Crippen LogP contribution >= 0.6 is 0 Å². The fourth-order valence-electron chi connectivity index (χ4n) is 5.45. The maximum absolute atomic E-state index is 13.2. The smallest absolute Gasteiger partial charge is 0.277 e. The van der Waals surface area contributed by atoms with Crippen LogP contribution in [0.5, 0.6) is 0 Å². The Morgan fingerprint density at radius 3 is 2.44 bits per heavy atom. The topological polar surface area (TPSA) is 201 Å². The van der Waals surface area contributed by atoms with Gasteiger partial charge in [-0.1, -0.05) is 12.1 Å². The summed E-state index contributed by atoms with van der Waals surface area (Å²) >= 11 is 0. The molecule has 0 bridgehead atoms. The lowest BCUT2D eigenvalue weighted by atomic mass is 9.99. The monoisotopic (exact) mass is 664 g/mol. The number of ketones is 1. The summed E-state index contributed by atoms with van der Waals surface area (Å²) in [7, 11) is 1.65. The highest BCUT2D eigenvalue weighted by Crippen LogP contribution is 2.30. The number of hydrogen-bond acceptors (Lipinski definition) is 12. The molecule has 1 aromatic carbocycles. The van der Waals surface area contributed by atoms with E-state index >= 15 is 0 Å². The van der Waals surface area contributed by atoms with Crippen molar-refractivity contribution in [1.29, 1.82) is 0 Å². The van der Waals surface area contributed by atoms with Crippen LogP contribution in [0.25, 0.3) is 0 Å². The number of ether oxygens (including phenoxy) is 3. The van der Waals surface area contributed by atoms with Crippen LogP contribution in [0.4, 0.5) is 5.69 Å². The Balaban J connectivity index is 0.918. The van der Waals surface area contributed by atoms with E-state index < -0.39 is 35.6 Å². The molecule has 48 heavy (non-hydrogen) atoms. The molecule has 3 aromatic rings. The molecule has 1 atom stereocenters. The van der Waals surface area contributed by atoms with Crippen LogP contribution in [0.15, 0.2) is 41.5 Å². The minimum atomic E-state index is -0.999. The van der Waals surface area contributed by atoms with Crippen molar-refractivity contribution >= 4 is 41.0 Å². The number of rotatable bonds is 18. The summed E-state index contributed by atoms with van der Waals surface area (Å²) in [6, 6.07) is 4.07. The van der Waals surface area contributed by atoms with Gasteiger partial charge in [0.1, 0.15) is 12.3 Å². The van der Waals surface area contributed by atoms with Crippen LogP contribution in [0.3, 0.4) is 0 Å². The maximum atomic E-state index is 13.2. The SMILES string of the molecule is Cn1cc(NC(=O)c2cocn2)c(C(=O)CCCOCCOCCOCCCc2cccc3c2C(=O)N(C2CCC(=O)NC2=O)C3=O)n1. The number of oxazole rings is 1. The summed E-state index contributed by atoms with van der Waals surface area (Å²) in [4.78, 5) is 79.6. The molecule has 1 saturated heterocycles. The zero-order chi connectivity index (χ0) is 34.0. The minimum absolute atomic E-state index is 0.0678. The standard InChI is InChI=1S/C32H36N6O10/c1-37-17-22(34-29(41)23-18-48-19-33-23)28(36-37)25(39)8-4-12-46-14-16-47-15-13-45-11-3-6-20-5-2-7-21-27(20)32(44)38(31(21)43)24-9-10-26(40)35-30(24)42/h2,5,7,17-19,24H,3-4,6,8-16H2,1H3,(H,34,41)(H,35,40,42). The van der Waals surface area contributed by atoms with Crippen LogP contribution < -0.4 is 10.6 Å². The molecule has 2 aromatic heterocycles. The van der Waals surface area contributed by atoms with Gasteiger partial charge in [0.05, 0.1) is 43.2 Å². The van der Waals surface area contributed by atoms with E-state index in [0.717, 1.165) is 11.3 Å². The Morgan fingerprint density at radius 1 is 1.00 bits per heavy atom. The molecule has 2 aliphatic rings. The number of fused-ring (bicyclic) bond motifs is 1. The molecule has 0 spiro atoms. The first-order chi connectivity index (χ1) is 23.2. The zero-order valence-electron chi connectivity index (χ0n) is 26.4. The zero-order valence-corrected chi connectivity index (χ0v) is 26.4. The number of carbonyl (C=O) groups is 6. The van der Waals surface area contributed by atoms with Gasteiger partial charge in [-0.05, 0) is 37.3 Å². The molecule has 2 N–H and O–H groups in total. The van der Waals surface area contributed by atoms with E-state index in [1.54, 1.807) is 31.4 Å². The molecule has 16 heteroatoms. The largest absolute Gasteiger partial charge is 0.451 e. The lowest BCUT2D eigenvalue weighted by Gasteiger charge is -2.27. The summed E-state index contributed by atoms with van der Waals surface area (Å²) < 4.78 is 23.0. The Bertz CT molecular complexity index is 1670. The maximum Gasteiger partial charge on any atom is 0.277 e. The predicted octanol–water partition coefficient (Wildman–Crippen LogP) is 1.71. The van der Waals surface area contributed by atoms with Gasteiger partial charge in [-0.2, -0.15) is 5.10 Å². The van der Waals surface area contributed by atoms with E-state index in [1.807, 2.05) is 0 Å². The van der Waals surface area contributed by atoms with Crippen molar-refractivity contribution in [1.82, 2.24) is 25.0 Å². The second-order valence-corrected chi connectivity index (χ2v) is 11.1. The Morgan fingerprint density at radius 2 is 1.73 bits per heavy atom. The normalized spacial score (nSPS) is 15.9. The number of carbonyl (C=O) groups excluding carboxylic acids is 6. The Labute approximate surface area is 275 Å². The molecule has 16 nitrogen and oxygen atoms in total. The number of Topliss-reactive ketones (excluding diaryl/α,β-unsaturated/α-hetero) is 1. The van der Waals surface area contributed by atoms with Crippen molar-refractivity contribution in [3.63, 3.8) is 0 Å². The summed E-state index contributed by atoms with van der Waals surface area (Å²) in [6.45, 7) is 2.19. The molecule has 1 unspecified atom stereocenters. The van der Waals surface area contributed by atoms with Crippen molar-refractivity contribution in [3.8, 4) is 0 Å². The number of amides is 5. The Hall–Kier alpha value is -5.06. The van der Waals surface area contributed by atoms with Gasteiger partial charge in [0, 0.05) is 39.3 Å². The van der Waals surface area contributed by atoms with Crippen molar-refractivity contribution in [2.45, 2.75) is 44.6 Å². The van der Waals surface area contributed by atoms with Crippen LogP contribution in [0, 0.1) is 0 Å². The average Bonchev–Trinajstić information content (AvgIpc) is 3.79. The molecule has 0 aliphatic carbocycles. The van der Waals surface area contributed by atoms with E-state index in [1.165, 1.54) is 10.9 Å². The molecule has 1 fully saturated rings. The van der Waals surface area contributed by atoms with Crippen LogP contribution in [0.1, 0.15) is 79.4 Å². The second-order valence-electron chi connectivity index (χ2n) is 11.1. The van der Waals surface area contributed by atoms with Crippen molar-refractivity contribution in [2.75, 3.05) is 45.0 Å². The molecule has 5 rings (SSSR count). The molecule has 5 amide bonds. The lowest BCUT2D eigenvalue weighted by Crippen LogP contribution is -2.54. The summed E-state index contributed by atoms with van der Waals surface area (Å²) in [5, 5.41) is 8.99. The first kappa shape index (κ1) is 34.3. The number of piperidine rings is 1. The first-order valence-corrected chi connectivity index (χ1v) is 15.6. The van der Waals surface area contributed by atoms with Gasteiger partial charge in [-0.15, -0.1) is 0 Å². The number of hydrogen-bond donors (Lipinski definition) is 2. The number of nitrogens with zero attached hydrogens (tertiary/aromatic N) is 4. The van der Waals surface area contributed by atoms with Crippen molar-refractivity contribution in [2.24, 2.45) is 7.05 Å². The first-order valence-electron chi connectivity index (χ1n) is 15.6. The van der Waals surface area contributed by atoms with E-state index in [-0.39, 0.29) is 42.0 Å². The third kappa shape index (κ3) is 8.26. The van der Waals surface area contributed by atoms with Gasteiger partial charge in [-0.25, -0.2) is 4.98 Å². The fourth-order valence-corrected chi connectivity index (χ4v) is 5.45. The Kier molecular flexibility index (Phi) is 11.5. The van der Waals surface area contributed by atoms with Gasteiger partial charge in [0.15, 0.2) is 23.6 Å². The number of anilines is 1. The quantitative estimate of drug-likeness (QED) is 0.113. The number of benzene rings is 1. The fraction of sp³-hybridized carbons (Fsp3) is 0.438. The number of nitrogens with one attached hydrogen (secondary N) is 2. The van der Waals surface area contributed by atoms with E-state index in [0.29, 0.717) is 75.7 Å².